The molecular formula is C89H62N6. The Balaban J connectivity index is 0.939. The molecule has 0 spiro atoms. The maximum Gasteiger partial charge on any atom is 0.100 e. The minimum absolute atomic E-state index is 0.557. The van der Waals surface area contributed by atoms with E-state index < -0.39 is 0 Å². The van der Waals surface area contributed by atoms with Gasteiger partial charge in [0.15, 0.2) is 0 Å². The summed E-state index contributed by atoms with van der Waals surface area (Å²) in [5, 5.41) is 22.2. The van der Waals surface area contributed by atoms with Crippen molar-refractivity contribution in [1.29, 1.82) is 5.26 Å². The molecule has 0 N–H and O–H groups in total. The number of hydrogen-bond acceptors (Lipinski definition) is 2. The first-order chi connectivity index (χ1) is 46.6. The monoisotopic (exact) mass is 1210 g/mol. The topological polar surface area (TPSA) is 56.4 Å². The molecule has 0 radical (unpaired) electrons. The van der Waals surface area contributed by atoms with Gasteiger partial charge in [0.1, 0.15) is 6.07 Å². The lowest BCUT2D eigenvalue weighted by molar-refractivity contribution is 1.18. The summed E-state index contributed by atoms with van der Waals surface area (Å²) in [5.41, 5.74) is 28.6. The average Bonchev–Trinajstić information content (AvgIpc) is 1.73. The highest BCUT2D eigenvalue weighted by atomic mass is 15.0. The van der Waals surface area contributed by atoms with E-state index in [1.165, 1.54) is 65.3 Å². The molecule has 0 saturated heterocycles. The van der Waals surface area contributed by atoms with Gasteiger partial charge < -0.3 is 18.3 Å². The summed E-state index contributed by atoms with van der Waals surface area (Å²) in [7, 11) is 0. The predicted molar refractivity (Wildman–Crippen MR) is 397 cm³/mol. The van der Waals surface area contributed by atoms with Gasteiger partial charge in [0.05, 0.1) is 55.4 Å². The standard InChI is InChI=1S/C89H62N6/c1-54-25-45-81-71(49-54)67-16-6-10-21-77(67)92(81)63-37-29-59(30-38-63)85-75(53-90)86(60-31-39-64(40-32-60)93-78-22-11-7-17-68(78)72-50-55(2)26-46-82(72)93)89(76-20-14-15-58(5)91-76)88(62-35-43-66(44-36-62)95-80-24-13-9-19-70(80)74-52-57(4)28-48-84(74)95)87(85)61-33-41-65(42-34-61)94-79-23-12-8-18-69(79)73-51-56(3)27-47-83(73)94/h6-52H,1-5H3. The van der Waals surface area contributed by atoms with Gasteiger partial charge in [0.25, 0.3) is 0 Å². The largest absolute Gasteiger partial charge is 0.309 e. The molecule has 95 heavy (non-hydrogen) atoms. The SMILES string of the molecule is Cc1ccc2c(c1)c1ccccc1n2-c1ccc(-c2c(C#N)c(-c3ccc(-n4c5ccccc5c5cc(C)ccc54)cc3)c(-c3cccc(C)n3)c(-c3ccc(-n4c5ccccc5c5cc(C)ccc54)cc3)c2-c2ccc(-n3c4ccccc4c4cc(C)ccc43)cc2)cc1. The first-order valence-corrected chi connectivity index (χ1v) is 32.6. The lowest BCUT2D eigenvalue weighted by Crippen LogP contribution is -2.04. The van der Waals surface area contributed by atoms with Crippen LogP contribution in [0.3, 0.4) is 0 Å². The lowest BCUT2D eigenvalue weighted by atomic mass is 9.76. The number of hydrogen-bond donors (Lipinski definition) is 0. The second-order valence-electron chi connectivity index (χ2n) is 25.7. The maximum absolute atomic E-state index is 12.5. The third-order valence-corrected chi connectivity index (χ3v) is 19.7. The molecule has 0 aliphatic rings. The van der Waals surface area contributed by atoms with Crippen molar-refractivity contribution < 1.29 is 0 Å². The van der Waals surface area contributed by atoms with Gasteiger partial charge in [-0.15, -0.1) is 0 Å². The van der Waals surface area contributed by atoms with Crippen LogP contribution < -0.4 is 0 Å². The van der Waals surface area contributed by atoms with Crippen LogP contribution in [0.15, 0.2) is 285 Å². The summed E-state index contributed by atoms with van der Waals surface area (Å²) in [6.07, 6.45) is 0. The van der Waals surface area contributed by atoms with E-state index in [0.717, 1.165) is 128 Å². The zero-order valence-corrected chi connectivity index (χ0v) is 53.3. The molecule has 0 amide bonds. The Morgan fingerprint density at radius 3 is 0.832 bits per heavy atom. The van der Waals surface area contributed by atoms with E-state index in [0.29, 0.717) is 5.56 Å². The van der Waals surface area contributed by atoms with Crippen LogP contribution in [0.2, 0.25) is 0 Å². The van der Waals surface area contributed by atoms with Crippen LogP contribution in [0, 0.1) is 45.9 Å². The minimum Gasteiger partial charge on any atom is -0.309 e. The summed E-state index contributed by atoms with van der Waals surface area (Å²) < 4.78 is 9.51. The fourth-order valence-electron chi connectivity index (χ4n) is 15.5. The van der Waals surface area contributed by atoms with Crippen LogP contribution in [-0.4, -0.2) is 23.3 Å². The van der Waals surface area contributed by atoms with E-state index in [-0.39, 0.29) is 0 Å². The Bertz CT molecular complexity index is 6240. The molecule has 18 rings (SSSR count). The van der Waals surface area contributed by atoms with Crippen molar-refractivity contribution in [1.82, 2.24) is 23.3 Å². The lowest BCUT2D eigenvalue weighted by Gasteiger charge is -2.26. The van der Waals surface area contributed by atoms with E-state index >= 15 is 0 Å². The van der Waals surface area contributed by atoms with Crippen molar-refractivity contribution in [2.75, 3.05) is 0 Å². The van der Waals surface area contributed by atoms with E-state index in [2.05, 4.69) is 344 Å². The Morgan fingerprint density at radius 2 is 0.526 bits per heavy atom. The molecule has 18 aromatic rings. The van der Waals surface area contributed by atoms with Crippen LogP contribution in [-0.2, 0) is 0 Å². The Hall–Kier alpha value is -12.3. The highest BCUT2D eigenvalue weighted by Crippen LogP contribution is 2.53. The van der Waals surface area contributed by atoms with Gasteiger partial charge >= 0.3 is 0 Å². The molecular weight excluding hydrogens is 1150 g/mol. The first kappa shape index (κ1) is 55.5. The molecule has 0 aliphatic carbocycles. The summed E-state index contributed by atoms with van der Waals surface area (Å²) in [5.74, 6) is 0. The van der Waals surface area contributed by atoms with Gasteiger partial charge in [-0.1, -0.05) is 174 Å². The fraction of sp³-hybridized carbons (Fsp3) is 0.0562. The smallest absolute Gasteiger partial charge is 0.100 e. The van der Waals surface area contributed by atoms with Crippen LogP contribution >= 0.6 is 0 Å². The van der Waals surface area contributed by atoms with E-state index in [1.807, 2.05) is 0 Å². The number of nitrogens with zero attached hydrogens (tertiary/aromatic N) is 6. The van der Waals surface area contributed by atoms with Crippen molar-refractivity contribution in [3.8, 4) is 84.6 Å². The highest BCUT2D eigenvalue weighted by molar-refractivity contribution is 6.15. The van der Waals surface area contributed by atoms with Gasteiger partial charge in [-0.25, -0.2) is 0 Å². The van der Waals surface area contributed by atoms with E-state index in [9.17, 15) is 5.26 Å². The summed E-state index contributed by atoms with van der Waals surface area (Å²) >= 11 is 0. The molecule has 0 fully saturated rings. The van der Waals surface area contributed by atoms with Gasteiger partial charge in [-0.05, 0) is 196 Å². The molecule has 6 heteroatoms. The van der Waals surface area contributed by atoms with Gasteiger partial charge in [0, 0.05) is 93.8 Å². The molecule has 5 heterocycles. The number of rotatable bonds is 9. The third kappa shape index (κ3) is 8.74. The molecule has 448 valence electrons. The Morgan fingerprint density at radius 1 is 0.253 bits per heavy atom. The zero-order chi connectivity index (χ0) is 63.7. The molecule has 0 unspecified atom stereocenters. The highest BCUT2D eigenvalue weighted by Gasteiger charge is 2.30. The van der Waals surface area contributed by atoms with Crippen LogP contribution in [0.1, 0.15) is 33.5 Å². The van der Waals surface area contributed by atoms with E-state index in [1.54, 1.807) is 0 Å². The Labute approximate surface area is 550 Å². The number of benzene rings is 13. The number of aromatic nitrogens is 5. The van der Waals surface area contributed by atoms with E-state index in [4.69, 9.17) is 4.98 Å². The quantitative estimate of drug-likeness (QED) is 0.145. The fourth-order valence-corrected chi connectivity index (χ4v) is 15.5. The summed E-state index contributed by atoms with van der Waals surface area (Å²) in [6, 6.07) is 107. The molecule has 0 bridgehead atoms. The second-order valence-corrected chi connectivity index (χ2v) is 25.7. The number of aryl methyl sites for hydroxylation is 5. The van der Waals surface area contributed by atoms with Crippen molar-refractivity contribution >= 4 is 87.2 Å². The molecule has 5 aromatic heterocycles. The predicted octanol–water partition coefficient (Wildman–Crippen LogP) is 23.2. The van der Waals surface area contributed by atoms with Crippen LogP contribution in [0.4, 0.5) is 0 Å². The van der Waals surface area contributed by atoms with Crippen LogP contribution in [0.25, 0.3) is 166 Å². The molecule has 0 saturated carbocycles. The normalized spacial score (nSPS) is 11.8. The molecule has 0 atom stereocenters. The summed E-state index contributed by atoms with van der Waals surface area (Å²) in [4.78, 5) is 5.48. The zero-order valence-electron chi connectivity index (χ0n) is 53.3. The number of fused-ring (bicyclic) bond motifs is 12. The van der Waals surface area contributed by atoms with Crippen molar-refractivity contribution in [3.63, 3.8) is 0 Å². The Kier molecular flexibility index (Phi) is 12.7. The maximum atomic E-state index is 12.5. The van der Waals surface area contributed by atoms with Crippen molar-refractivity contribution in [2.24, 2.45) is 0 Å². The van der Waals surface area contributed by atoms with Crippen LogP contribution in [0.5, 0.6) is 0 Å². The van der Waals surface area contributed by atoms with Gasteiger partial charge in [-0.2, -0.15) is 5.26 Å². The number of nitriles is 1. The third-order valence-electron chi connectivity index (χ3n) is 19.7. The molecule has 13 aromatic carbocycles. The van der Waals surface area contributed by atoms with Crippen molar-refractivity contribution in [2.45, 2.75) is 34.6 Å². The molecule has 0 aliphatic heterocycles. The molecule has 6 nitrogen and oxygen atoms in total. The number of para-hydroxylation sites is 4. The van der Waals surface area contributed by atoms with Crippen molar-refractivity contribution in [3.05, 3.63) is 319 Å². The van der Waals surface area contributed by atoms with Gasteiger partial charge in [-0.3, -0.25) is 4.98 Å². The summed E-state index contributed by atoms with van der Waals surface area (Å²) in [6.45, 7) is 10.7. The minimum atomic E-state index is 0.557. The number of pyridine rings is 1. The second kappa shape index (κ2) is 21.7. The van der Waals surface area contributed by atoms with Gasteiger partial charge in [0.2, 0.25) is 0 Å². The first-order valence-electron chi connectivity index (χ1n) is 32.6. The average molecular weight is 1220 g/mol.